The number of nitrogens with one attached hydrogen (secondary N) is 2. The summed E-state index contributed by atoms with van der Waals surface area (Å²) in [5, 5.41) is 14.4. The fourth-order valence-electron chi connectivity index (χ4n) is 2.32. The molecule has 0 atom stereocenters. The molecule has 1 fully saturated rings. The minimum absolute atomic E-state index is 0.142. The van der Waals surface area contributed by atoms with Crippen molar-refractivity contribution < 1.29 is 19.4 Å². The Morgan fingerprint density at radius 2 is 2.10 bits per heavy atom. The molecule has 0 bridgehead atoms. The van der Waals surface area contributed by atoms with Crippen LogP contribution in [0.3, 0.4) is 0 Å². The van der Waals surface area contributed by atoms with Gasteiger partial charge in [-0.3, -0.25) is 0 Å². The topological polar surface area (TPSA) is 87.7 Å². The number of amides is 2. The first-order valence-electron chi connectivity index (χ1n) is 6.90. The molecular weight excluding hydrogens is 272 g/mol. The van der Waals surface area contributed by atoms with Crippen molar-refractivity contribution in [3.8, 4) is 0 Å². The number of ether oxygens (including phenoxy) is 1. The first-order valence-corrected chi connectivity index (χ1v) is 6.90. The molecule has 0 saturated heterocycles. The summed E-state index contributed by atoms with van der Waals surface area (Å²) in [6.45, 7) is 2.26. The Balaban J connectivity index is 1.96. The third-order valence-electron chi connectivity index (χ3n) is 4.00. The molecular formula is C15H20N2O4. The van der Waals surface area contributed by atoms with Crippen LogP contribution in [0.1, 0.15) is 35.2 Å². The molecule has 1 saturated carbocycles. The van der Waals surface area contributed by atoms with Gasteiger partial charge >= 0.3 is 12.0 Å². The first kappa shape index (κ1) is 15.3. The van der Waals surface area contributed by atoms with Gasteiger partial charge in [-0.05, 0) is 43.9 Å². The number of methoxy groups -OCH3 is 1. The molecule has 0 radical (unpaired) electrons. The van der Waals surface area contributed by atoms with Crippen molar-refractivity contribution in [2.24, 2.45) is 0 Å². The number of aromatic carboxylic acids is 1. The molecule has 0 aromatic heterocycles. The Bertz CT molecular complexity index is 547. The molecule has 0 heterocycles. The Morgan fingerprint density at radius 1 is 1.38 bits per heavy atom. The maximum absolute atomic E-state index is 11.9. The predicted octanol–water partition coefficient (Wildman–Crippen LogP) is 2.38. The summed E-state index contributed by atoms with van der Waals surface area (Å²) in [5.41, 5.74) is 1.20. The fraction of sp³-hybridized carbons (Fsp3) is 0.467. The van der Waals surface area contributed by atoms with E-state index >= 15 is 0 Å². The number of carbonyl (C=O) groups is 2. The van der Waals surface area contributed by atoms with Crippen LogP contribution in [0, 0.1) is 6.92 Å². The van der Waals surface area contributed by atoms with Crippen LogP contribution >= 0.6 is 0 Å². The second-order valence-corrected chi connectivity index (χ2v) is 5.38. The van der Waals surface area contributed by atoms with Crippen molar-refractivity contribution in [3.05, 3.63) is 29.3 Å². The largest absolute Gasteiger partial charge is 0.478 e. The molecule has 3 N–H and O–H groups in total. The van der Waals surface area contributed by atoms with Crippen LogP contribution < -0.4 is 10.6 Å². The zero-order chi connectivity index (χ0) is 15.5. The van der Waals surface area contributed by atoms with Crippen LogP contribution in [0.25, 0.3) is 0 Å². The summed E-state index contributed by atoms with van der Waals surface area (Å²) in [6.07, 6.45) is 2.99. The first-order chi connectivity index (χ1) is 9.96. The summed E-state index contributed by atoms with van der Waals surface area (Å²) in [5.74, 6) is -1.02. The van der Waals surface area contributed by atoms with Gasteiger partial charge in [-0.15, -0.1) is 0 Å². The smallest absolute Gasteiger partial charge is 0.335 e. The minimum Gasteiger partial charge on any atom is -0.478 e. The lowest BCUT2D eigenvalue weighted by atomic mass is 9.80. The maximum Gasteiger partial charge on any atom is 0.335 e. The van der Waals surface area contributed by atoms with E-state index < -0.39 is 5.97 Å². The molecule has 114 valence electrons. The van der Waals surface area contributed by atoms with Gasteiger partial charge in [0.25, 0.3) is 0 Å². The van der Waals surface area contributed by atoms with Gasteiger partial charge in [0, 0.05) is 19.3 Å². The molecule has 0 aliphatic heterocycles. The molecule has 2 amide bonds. The zero-order valence-corrected chi connectivity index (χ0v) is 12.2. The van der Waals surface area contributed by atoms with Crippen molar-refractivity contribution in [2.45, 2.75) is 31.8 Å². The average Bonchev–Trinajstić information content (AvgIpc) is 2.40. The second-order valence-electron chi connectivity index (χ2n) is 5.38. The number of aryl methyl sites for hydroxylation is 1. The van der Waals surface area contributed by atoms with Gasteiger partial charge in [0.2, 0.25) is 0 Å². The van der Waals surface area contributed by atoms with E-state index in [1.807, 2.05) is 6.92 Å². The van der Waals surface area contributed by atoms with Crippen LogP contribution in [-0.2, 0) is 4.74 Å². The van der Waals surface area contributed by atoms with Crippen molar-refractivity contribution >= 4 is 17.7 Å². The number of anilines is 1. The van der Waals surface area contributed by atoms with Crippen molar-refractivity contribution in [1.29, 1.82) is 0 Å². The molecule has 2 rings (SSSR count). The van der Waals surface area contributed by atoms with Gasteiger partial charge in [0.15, 0.2) is 0 Å². The quantitative estimate of drug-likeness (QED) is 0.777. The monoisotopic (exact) mass is 292 g/mol. The highest BCUT2D eigenvalue weighted by atomic mass is 16.5. The Morgan fingerprint density at radius 3 is 2.62 bits per heavy atom. The molecule has 6 heteroatoms. The van der Waals surface area contributed by atoms with Gasteiger partial charge < -0.3 is 20.5 Å². The summed E-state index contributed by atoms with van der Waals surface area (Å²) in [6, 6.07) is 4.27. The average molecular weight is 292 g/mol. The highest BCUT2D eigenvalue weighted by molar-refractivity contribution is 5.94. The van der Waals surface area contributed by atoms with Gasteiger partial charge in [-0.1, -0.05) is 6.07 Å². The highest BCUT2D eigenvalue weighted by Crippen LogP contribution is 2.34. The Kier molecular flexibility index (Phi) is 4.47. The molecule has 0 spiro atoms. The van der Waals surface area contributed by atoms with Crippen LogP contribution in [0.2, 0.25) is 0 Å². The number of benzene rings is 1. The van der Waals surface area contributed by atoms with Crippen LogP contribution in [0.5, 0.6) is 0 Å². The summed E-state index contributed by atoms with van der Waals surface area (Å²) < 4.78 is 5.43. The number of carbonyl (C=O) groups excluding carboxylic acids is 1. The zero-order valence-electron chi connectivity index (χ0n) is 12.2. The highest BCUT2D eigenvalue weighted by Gasteiger charge is 2.37. The molecule has 0 unspecified atom stereocenters. The second kappa shape index (κ2) is 6.13. The predicted molar refractivity (Wildman–Crippen MR) is 78.8 cm³/mol. The summed E-state index contributed by atoms with van der Waals surface area (Å²) in [4.78, 5) is 22.9. The van der Waals surface area contributed by atoms with E-state index in [0.29, 0.717) is 12.2 Å². The van der Waals surface area contributed by atoms with E-state index in [1.165, 1.54) is 12.1 Å². The number of carboxylic acid groups (broad SMARTS) is 1. The minimum atomic E-state index is -1.02. The maximum atomic E-state index is 11.9. The van der Waals surface area contributed by atoms with Crippen LogP contribution in [0.15, 0.2) is 18.2 Å². The van der Waals surface area contributed by atoms with E-state index in [0.717, 1.165) is 24.8 Å². The van der Waals surface area contributed by atoms with Crippen LogP contribution in [0.4, 0.5) is 10.5 Å². The number of urea groups is 1. The van der Waals surface area contributed by atoms with Crippen LogP contribution in [-0.4, -0.2) is 36.4 Å². The summed E-state index contributed by atoms with van der Waals surface area (Å²) in [7, 11) is 1.65. The lowest BCUT2D eigenvalue weighted by Crippen LogP contribution is -2.50. The van der Waals surface area contributed by atoms with E-state index in [-0.39, 0.29) is 17.2 Å². The van der Waals surface area contributed by atoms with Gasteiger partial charge in [0.1, 0.15) is 0 Å². The molecule has 1 aromatic carbocycles. The molecule has 1 aliphatic carbocycles. The number of rotatable bonds is 5. The summed E-state index contributed by atoms with van der Waals surface area (Å²) >= 11 is 0. The fourth-order valence-corrected chi connectivity index (χ4v) is 2.32. The SMILES string of the molecule is COC1(CNC(=O)Nc2cc(C(=O)O)ccc2C)CCC1. The van der Waals surface area contributed by atoms with E-state index in [2.05, 4.69) is 10.6 Å². The number of carboxylic acids is 1. The van der Waals surface area contributed by atoms with E-state index in [1.54, 1.807) is 13.2 Å². The van der Waals surface area contributed by atoms with Crippen molar-refractivity contribution in [2.75, 3.05) is 19.0 Å². The van der Waals surface area contributed by atoms with Gasteiger partial charge in [0.05, 0.1) is 11.2 Å². The Hall–Kier alpha value is -2.08. The van der Waals surface area contributed by atoms with Crippen molar-refractivity contribution in [1.82, 2.24) is 5.32 Å². The number of hydrogen-bond donors (Lipinski definition) is 3. The number of hydrogen-bond acceptors (Lipinski definition) is 3. The lowest BCUT2D eigenvalue weighted by Gasteiger charge is -2.40. The Labute approximate surface area is 123 Å². The van der Waals surface area contributed by atoms with Gasteiger partial charge in [-0.2, -0.15) is 0 Å². The molecule has 1 aromatic rings. The molecule has 1 aliphatic rings. The molecule has 6 nitrogen and oxygen atoms in total. The lowest BCUT2D eigenvalue weighted by molar-refractivity contribution is -0.0671. The van der Waals surface area contributed by atoms with Crippen molar-refractivity contribution in [3.63, 3.8) is 0 Å². The van der Waals surface area contributed by atoms with Gasteiger partial charge in [-0.25, -0.2) is 9.59 Å². The normalized spacial score (nSPS) is 15.9. The molecule has 21 heavy (non-hydrogen) atoms. The van der Waals surface area contributed by atoms with E-state index in [9.17, 15) is 9.59 Å². The third-order valence-corrected chi connectivity index (χ3v) is 4.00. The third kappa shape index (κ3) is 3.52. The standard InChI is InChI=1S/C15H20N2O4/c1-10-4-5-11(13(18)19)8-12(10)17-14(20)16-9-15(21-2)6-3-7-15/h4-5,8H,3,6-7,9H2,1-2H3,(H,18,19)(H2,16,17,20). The van der Waals surface area contributed by atoms with E-state index in [4.69, 9.17) is 9.84 Å².